The fraction of sp³-hybridized carbons (Fsp3) is 0.875. The van der Waals surface area contributed by atoms with Crippen molar-refractivity contribution in [2.75, 3.05) is 13.1 Å². The van der Waals surface area contributed by atoms with E-state index in [0.29, 0.717) is 50.6 Å². The number of hydrogen-bond donors (Lipinski definition) is 2. The molecule has 2 rings (SSSR count). The lowest BCUT2D eigenvalue weighted by Crippen LogP contribution is -2.34. The Morgan fingerprint density at radius 2 is 1.13 bits per heavy atom. The highest BCUT2D eigenvalue weighted by atomic mass is 16.4. The molecule has 0 aromatic carbocycles. The summed E-state index contributed by atoms with van der Waals surface area (Å²) in [6, 6.07) is 0. The highest BCUT2D eigenvalue weighted by Gasteiger charge is 2.30. The Bertz CT molecular complexity index is 390. The third-order valence-electron chi connectivity index (χ3n) is 5.45. The van der Waals surface area contributed by atoms with Crippen molar-refractivity contribution in [1.82, 2.24) is 5.01 Å². The lowest BCUT2D eigenvalue weighted by atomic mass is 9.81. The van der Waals surface area contributed by atoms with Gasteiger partial charge in [-0.1, -0.05) is 0 Å². The number of rotatable bonds is 7. The second-order valence-corrected chi connectivity index (χ2v) is 7.07. The molecule has 0 aromatic rings. The Hall–Kier alpha value is -1.66. The molecule has 7 nitrogen and oxygen atoms in total. The van der Waals surface area contributed by atoms with Gasteiger partial charge in [-0.15, -0.1) is 4.91 Å². The molecule has 2 N–H and O–H groups in total. The van der Waals surface area contributed by atoms with Crippen LogP contribution in [-0.4, -0.2) is 40.3 Å². The van der Waals surface area contributed by atoms with Crippen LogP contribution in [0, 0.1) is 28.6 Å². The molecule has 0 spiro atoms. The van der Waals surface area contributed by atoms with E-state index >= 15 is 0 Å². The van der Waals surface area contributed by atoms with Crippen molar-refractivity contribution in [2.45, 2.75) is 51.4 Å². The molecule has 0 atom stereocenters. The minimum Gasteiger partial charge on any atom is -0.481 e. The molecule has 0 aliphatic heterocycles. The standard InChI is InChI=1S/C16H26N2O5/c19-15(20)13-5-1-11(2-6-13)9-18(17-23)10-12-3-7-14(8-4-12)16(21)22/h11-14H,1-10H2,(H,19,20)(H,21,22). The fourth-order valence-corrected chi connectivity index (χ4v) is 3.92. The summed E-state index contributed by atoms with van der Waals surface area (Å²) < 4.78 is 0. The Balaban J connectivity index is 1.73. The molecule has 130 valence electrons. The van der Waals surface area contributed by atoms with Gasteiger partial charge in [0.05, 0.1) is 17.1 Å². The predicted molar refractivity (Wildman–Crippen MR) is 83.5 cm³/mol. The van der Waals surface area contributed by atoms with Crippen molar-refractivity contribution in [3.05, 3.63) is 4.91 Å². The van der Waals surface area contributed by atoms with Gasteiger partial charge < -0.3 is 10.2 Å². The molecule has 2 aliphatic carbocycles. The van der Waals surface area contributed by atoms with Crippen molar-refractivity contribution in [3.63, 3.8) is 0 Å². The first-order chi connectivity index (χ1) is 11.0. The SMILES string of the molecule is O=NN(CC1CCC(C(=O)O)CC1)CC1CCC(C(=O)O)CC1. The van der Waals surface area contributed by atoms with E-state index in [1.165, 1.54) is 0 Å². The first-order valence-corrected chi connectivity index (χ1v) is 8.53. The first kappa shape index (κ1) is 17.7. The van der Waals surface area contributed by atoms with Crippen LogP contribution in [0.1, 0.15) is 51.4 Å². The summed E-state index contributed by atoms with van der Waals surface area (Å²) in [5.74, 6) is -1.25. The minimum absolute atomic E-state index is 0.241. The van der Waals surface area contributed by atoms with Crippen molar-refractivity contribution in [1.29, 1.82) is 0 Å². The average Bonchev–Trinajstić information content (AvgIpc) is 2.55. The van der Waals surface area contributed by atoms with Crippen LogP contribution in [0.4, 0.5) is 0 Å². The highest BCUT2D eigenvalue weighted by molar-refractivity contribution is 5.70. The zero-order chi connectivity index (χ0) is 16.8. The summed E-state index contributed by atoms with van der Waals surface area (Å²) >= 11 is 0. The minimum atomic E-state index is -0.719. The second-order valence-electron chi connectivity index (χ2n) is 7.07. The molecule has 23 heavy (non-hydrogen) atoms. The van der Waals surface area contributed by atoms with Crippen molar-refractivity contribution < 1.29 is 19.8 Å². The van der Waals surface area contributed by atoms with Crippen LogP contribution < -0.4 is 0 Å². The van der Waals surface area contributed by atoms with Gasteiger partial charge in [-0.2, -0.15) is 0 Å². The van der Waals surface area contributed by atoms with E-state index in [1.807, 2.05) is 0 Å². The lowest BCUT2D eigenvalue weighted by molar-refractivity contribution is -0.144. The molecular formula is C16H26N2O5. The summed E-state index contributed by atoms with van der Waals surface area (Å²) in [5.41, 5.74) is 0. The normalized spacial score (nSPS) is 31.3. The number of nitrogens with zero attached hydrogens (tertiary/aromatic N) is 2. The van der Waals surface area contributed by atoms with E-state index < -0.39 is 11.9 Å². The van der Waals surface area contributed by atoms with Gasteiger partial charge in [0.1, 0.15) is 0 Å². The van der Waals surface area contributed by atoms with Crippen molar-refractivity contribution in [2.24, 2.45) is 29.0 Å². The van der Waals surface area contributed by atoms with Crippen LogP contribution in [0.15, 0.2) is 5.29 Å². The van der Waals surface area contributed by atoms with Crippen molar-refractivity contribution >= 4 is 11.9 Å². The second kappa shape index (κ2) is 8.26. The molecule has 0 unspecified atom stereocenters. The molecule has 0 saturated heterocycles. The Morgan fingerprint density at radius 3 is 1.39 bits per heavy atom. The monoisotopic (exact) mass is 326 g/mol. The summed E-state index contributed by atoms with van der Waals surface area (Å²) in [6.45, 7) is 1.18. The van der Waals surface area contributed by atoms with Crippen LogP contribution in [0.2, 0.25) is 0 Å². The van der Waals surface area contributed by atoms with Crippen LogP contribution in [-0.2, 0) is 9.59 Å². The maximum absolute atomic E-state index is 11.1. The van der Waals surface area contributed by atoms with Gasteiger partial charge in [0.15, 0.2) is 0 Å². The molecule has 0 radical (unpaired) electrons. The number of carbonyl (C=O) groups is 2. The zero-order valence-corrected chi connectivity index (χ0v) is 13.4. The van der Waals surface area contributed by atoms with E-state index in [1.54, 1.807) is 5.01 Å². The van der Waals surface area contributed by atoms with Gasteiger partial charge in [-0.25, -0.2) is 0 Å². The smallest absolute Gasteiger partial charge is 0.306 e. The summed E-state index contributed by atoms with van der Waals surface area (Å²) in [4.78, 5) is 33.0. The van der Waals surface area contributed by atoms with Gasteiger partial charge in [0.2, 0.25) is 0 Å². The van der Waals surface area contributed by atoms with Gasteiger partial charge in [-0.3, -0.25) is 14.6 Å². The number of nitroso groups, excluding NO2 is 1. The lowest BCUT2D eigenvalue weighted by Gasteiger charge is -2.32. The molecule has 2 saturated carbocycles. The van der Waals surface area contributed by atoms with Crippen LogP contribution in [0.25, 0.3) is 0 Å². The molecule has 2 aliphatic rings. The Kier molecular flexibility index (Phi) is 6.36. The zero-order valence-electron chi connectivity index (χ0n) is 13.4. The molecule has 0 bridgehead atoms. The Morgan fingerprint density at radius 1 is 0.783 bits per heavy atom. The van der Waals surface area contributed by atoms with Gasteiger partial charge in [-0.05, 0) is 63.2 Å². The third-order valence-corrected chi connectivity index (χ3v) is 5.45. The molecule has 0 aromatic heterocycles. The summed E-state index contributed by atoms with van der Waals surface area (Å²) in [5, 5.41) is 22.7. The van der Waals surface area contributed by atoms with Crippen LogP contribution in [0.5, 0.6) is 0 Å². The number of hydrogen-bond acceptors (Lipinski definition) is 4. The van der Waals surface area contributed by atoms with Crippen LogP contribution in [0.3, 0.4) is 0 Å². The number of aliphatic carboxylic acids is 2. The molecular weight excluding hydrogens is 300 g/mol. The third kappa shape index (κ3) is 5.18. The first-order valence-electron chi connectivity index (χ1n) is 8.53. The van der Waals surface area contributed by atoms with E-state index in [-0.39, 0.29) is 11.8 Å². The maximum Gasteiger partial charge on any atom is 0.306 e. The largest absolute Gasteiger partial charge is 0.481 e. The highest BCUT2D eigenvalue weighted by Crippen LogP contribution is 2.32. The molecule has 7 heteroatoms. The predicted octanol–water partition coefficient (Wildman–Crippen LogP) is 2.75. The van der Waals surface area contributed by atoms with E-state index in [0.717, 1.165) is 25.7 Å². The van der Waals surface area contributed by atoms with E-state index in [2.05, 4.69) is 5.29 Å². The summed E-state index contributed by atoms with van der Waals surface area (Å²) in [7, 11) is 0. The van der Waals surface area contributed by atoms with Gasteiger partial charge >= 0.3 is 11.9 Å². The molecule has 0 amide bonds. The molecule has 2 fully saturated rings. The quantitative estimate of drug-likeness (QED) is 0.550. The van der Waals surface area contributed by atoms with E-state index in [9.17, 15) is 14.5 Å². The number of carboxylic acids is 2. The van der Waals surface area contributed by atoms with Crippen molar-refractivity contribution in [3.8, 4) is 0 Å². The van der Waals surface area contributed by atoms with Gasteiger partial charge in [0, 0.05) is 13.1 Å². The summed E-state index contributed by atoms with van der Waals surface area (Å²) in [6.07, 6.45) is 6.02. The maximum atomic E-state index is 11.1. The number of carboxylic acid groups (broad SMARTS) is 2. The Labute approximate surface area is 136 Å². The fourth-order valence-electron chi connectivity index (χ4n) is 3.92. The topological polar surface area (TPSA) is 107 Å². The molecule has 0 heterocycles. The van der Waals surface area contributed by atoms with Gasteiger partial charge in [0.25, 0.3) is 0 Å². The average molecular weight is 326 g/mol. The van der Waals surface area contributed by atoms with E-state index in [4.69, 9.17) is 10.2 Å². The van der Waals surface area contributed by atoms with Crippen LogP contribution >= 0.6 is 0 Å².